The Morgan fingerprint density at radius 1 is 1.38 bits per heavy atom. The third-order valence-electron chi connectivity index (χ3n) is 4.88. The molecule has 0 aromatic heterocycles. The van der Waals surface area contributed by atoms with Gasteiger partial charge in [0.15, 0.2) is 0 Å². The van der Waals surface area contributed by atoms with Crippen LogP contribution in [0.4, 0.5) is 5.69 Å². The number of rotatable bonds is 2. The molecule has 0 radical (unpaired) electrons. The minimum atomic E-state index is -0.152. The highest BCUT2D eigenvalue weighted by Gasteiger charge is 2.42. The molecule has 2 aliphatic carbocycles. The third-order valence-corrected chi connectivity index (χ3v) is 4.88. The van der Waals surface area contributed by atoms with Gasteiger partial charge in [-0.05, 0) is 55.7 Å². The van der Waals surface area contributed by atoms with Gasteiger partial charge in [-0.25, -0.2) is 0 Å². The Balaban J connectivity index is 1.71. The van der Waals surface area contributed by atoms with Crippen molar-refractivity contribution in [2.45, 2.75) is 32.6 Å². The first-order valence-corrected chi connectivity index (χ1v) is 7.68. The predicted octanol–water partition coefficient (Wildman–Crippen LogP) is 2.71. The fourth-order valence-corrected chi connectivity index (χ4v) is 3.77. The third kappa shape index (κ3) is 2.96. The number of fused-ring (bicyclic) bond motifs is 2. The topological polar surface area (TPSA) is 49.3 Å². The molecule has 2 bridgehead atoms. The molecule has 2 saturated carbocycles. The molecule has 1 aromatic rings. The van der Waals surface area contributed by atoms with E-state index in [1.165, 1.54) is 19.3 Å². The van der Waals surface area contributed by atoms with E-state index in [0.29, 0.717) is 5.92 Å². The minimum Gasteiger partial charge on any atom is -0.384 e. The van der Waals surface area contributed by atoms with Crippen LogP contribution in [0.5, 0.6) is 0 Å². The Labute approximate surface area is 125 Å². The molecule has 0 saturated heterocycles. The van der Waals surface area contributed by atoms with Gasteiger partial charge in [0.25, 0.3) is 0 Å². The molecule has 1 amide bonds. The van der Waals surface area contributed by atoms with Gasteiger partial charge in [-0.2, -0.15) is 0 Å². The van der Waals surface area contributed by atoms with Crippen LogP contribution in [0.2, 0.25) is 0 Å². The van der Waals surface area contributed by atoms with Crippen molar-refractivity contribution in [2.24, 2.45) is 17.8 Å². The lowest BCUT2D eigenvalue weighted by Gasteiger charge is -2.21. The monoisotopic (exact) mass is 283 g/mol. The van der Waals surface area contributed by atoms with Crippen LogP contribution in [0.3, 0.4) is 0 Å². The molecule has 2 N–H and O–H groups in total. The molecule has 2 aliphatic rings. The zero-order chi connectivity index (χ0) is 14.8. The summed E-state index contributed by atoms with van der Waals surface area (Å²) in [5.41, 5.74) is 2.71. The lowest BCUT2D eigenvalue weighted by molar-refractivity contribution is -0.121. The van der Waals surface area contributed by atoms with E-state index < -0.39 is 0 Å². The summed E-state index contributed by atoms with van der Waals surface area (Å²) in [6.07, 6.45) is 4.81. The van der Waals surface area contributed by atoms with E-state index in [1.807, 2.05) is 25.1 Å². The normalized spacial score (nSPS) is 26.3. The van der Waals surface area contributed by atoms with Crippen LogP contribution in [-0.4, -0.2) is 17.6 Å². The standard InChI is InChI=1S/C18H21NO2/c1-12-4-7-16(11-14(12)3-2-8-20)19-18(21)17-10-13-5-6-15(17)9-13/h4,7,11,13,15,17,20H,5-6,8-10H2,1H3,(H,19,21). The second-order valence-corrected chi connectivity index (χ2v) is 6.26. The number of nitrogens with one attached hydrogen (secondary N) is 1. The summed E-state index contributed by atoms with van der Waals surface area (Å²) in [5, 5.41) is 11.8. The number of amides is 1. The highest BCUT2D eigenvalue weighted by atomic mass is 16.2. The largest absolute Gasteiger partial charge is 0.384 e. The quantitative estimate of drug-likeness (QED) is 0.820. The van der Waals surface area contributed by atoms with Crippen molar-refractivity contribution >= 4 is 11.6 Å². The van der Waals surface area contributed by atoms with Crippen molar-refractivity contribution in [3.63, 3.8) is 0 Å². The van der Waals surface area contributed by atoms with Crippen LogP contribution < -0.4 is 5.32 Å². The van der Waals surface area contributed by atoms with Crippen LogP contribution in [0.15, 0.2) is 18.2 Å². The summed E-state index contributed by atoms with van der Waals surface area (Å²) < 4.78 is 0. The molecular weight excluding hydrogens is 262 g/mol. The number of carbonyl (C=O) groups is 1. The van der Waals surface area contributed by atoms with Crippen LogP contribution >= 0.6 is 0 Å². The van der Waals surface area contributed by atoms with Crippen LogP contribution in [0.25, 0.3) is 0 Å². The van der Waals surface area contributed by atoms with Crippen LogP contribution in [-0.2, 0) is 4.79 Å². The molecule has 3 rings (SSSR count). The Morgan fingerprint density at radius 2 is 2.24 bits per heavy atom. The maximum Gasteiger partial charge on any atom is 0.227 e. The molecule has 0 aliphatic heterocycles. The zero-order valence-corrected chi connectivity index (χ0v) is 12.4. The van der Waals surface area contributed by atoms with E-state index in [9.17, 15) is 4.79 Å². The zero-order valence-electron chi connectivity index (χ0n) is 12.4. The number of benzene rings is 1. The van der Waals surface area contributed by atoms with Gasteiger partial charge in [0.05, 0.1) is 0 Å². The average Bonchev–Trinajstić information content (AvgIpc) is 3.10. The highest BCUT2D eigenvalue weighted by Crippen LogP contribution is 2.48. The summed E-state index contributed by atoms with van der Waals surface area (Å²) in [4.78, 5) is 12.4. The van der Waals surface area contributed by atoms with Crippen molar-refractivity contribution < 1.29 is 9.90 Å². The fraction of sp³-hybridized carbons (Fsp3) is 0.500. The summed E-state index contributed by atoms with van der Waals surface area (Å²) in [5.74, 6) is 7.29. The van der Waals surface area contributed by atoms with E-state index >= 15 is 0 Å². The molecule has 3 heteroatoms. The van der Waals surface area contributed by atoms with Gasteiger partial charge in [-0.15, -0.1) is 0 Å². The van der Waals surface area contributed by atoms with Gasteiger partial charge in [0.2, 0.25) is 5.91 Å². The van der Waals surface area contributed by atoms with E-state index in [2.05, 4.69) is 17.2 Å². The first-order valence-electron chi connectivity index (χ1n) is 7.68. The molecule has 0 spiro atoms. The molecule has 3 nitrogen and oxygen atoms in total. The van der Waals surface area contributed by atoms with Gasteiger partial charge in [0, 0.05) is 17.2 Å². The summed E-state index contributed by atoms with van der Waals surface area (Å²) in [6.45, 7) is 1.82. The molecule has 1 aromatic carbocycles. The molecule has 110 valence electrons. The van der Waals surface area contributed by atoms with Crippen LogP contribution in [0, 0.1) is 36.5 Å². The van der Waals surface area contributed by atoms with Crippen molar-refractivity contribution in [3.05, 3.63) is 29.3 Å². The summed E-state index contributed by atoms with van der Waals surface area (Å²) in [7, 11) is 0. The van der Waals surface area contributed by atoms with Crippen LogP contribution in [0.1, 0.15) is 36.8 Å². The Kier molecular flexibility index (Phi) is 3.98. The maximum absolute atomic E-state index is 12.4. The SMILES string of the molecule is Cc1ccc(NC(=O)C2CC3CCC2C3)cc1C#CCO. The number of aliphatic hydroxyl groups is 1. The van der Waals surface area contributed by atoms with Crippen molar-refractivity contribution in [1.29, 1.82) is 0 Å². The maximum atomic E-state index is 12.4. The van der Waals surface area contributed by atoms with Gasteiger partial charge < -0.3 is 10.4 Å². The molecule has 0 heterocycles. The molecule has 2 fully saturated rings. The van der Waals surface area contributed by atoms with Gasteiger partial charge in [-0.1, -0.05) is 24.3 Å². The van der Waals surface area contributed by atoms with E-state index in [1.54, 1.807) is 0 Å². The van der Waals surface area contributed by atoms with E-state index in [4.69, 9.17) is 5.11 Å². The number of carbonyl (C=O) groups excluding carboxylic acids is 1. The van der Waals surface area contributed by atoms with Gasteiger partial charge >= 0.3 is 0 Å². The first-order chi connectivity index (χ1) is 10.2. The Morgan fingerprint density at radius 3 is 2.90 bits per heavy atom. The van der Waals surface area contributed by atoms with E-state index in [0.717, 1.165) is 29.2 Å². The number of hydrogen-bond acceptors (Lipinski definition) is 2. The number of anilines is 1. The lowest BCUT2D eigenvalue weighted by Crippen LogP contribution is -2.27. The molecule has 3 unspecified atom stereocenters. The number of hydrogen-bond donors (Lipinski definition) is 2. The molecule has 21 heavy (non-hydrogen) atoms. The second kappa shape index (κ2) is 5.91. The first kappa shape index (κ1) is 14.2. The fourth-order valence-electron chi connectivity index (χ4n) is 3.77. The number of aryl methyl sites for hydroxylation is 1. The molecular formula is C18H21NO2. The summed E-state index contributed by atoms with van der Waals surface area (Å²) in [6, 6.07) is 5.77. The average molecular weight is 283 g/mol. The van der Waals surface area contributed by atoms with E-state index in [-0.39, 0.29) is 18.4 Å². The molecule has 3 atom stereocenters. The smallest absolute Gasteiger partial charge is 0.227 e. The van der Waals surface area contributed by atoms with Gasteiger partial charge in [-0.3, -0.25) is 4.79 Å². The number of aliphatic hydroxyl groups excluding tert-OH is 1. The van der Waals surface area contributed by atoms with Crippen molar-refractivity contribution in [2.75, 3.05) is 11.9 Å². The minimum absolute atomic E-state index is 0.152. The highest BCUT2D eigenvalue weighted by molar-refractivity contribution is 5.93. The van der Waals surface area contributed by atoms with Gasteiger partial charge in [0.1, 0.15) is 6.61 Å². The van der Waals surface area contributed by atoms with Crippen molar-refractivity contribution in [1.82, 2.24) is 0 Å². The Hall–Kier alpha value is -1.79. The Bertz CT molecular complexity index is 611. The lowest BCUT2D eigenvalue weighted by atomic mass is 9.88. The second-order valence-electron chi connectivity index (χ2n) is 6.26. The van der Waals surface area contributed by atoms with Crippen molar-refractivity contribution in [3.8, 4) is 11.8 Å². The predicted molar refractivity (Wildman–Crippen MR) is 82.7 cm³/mol. The summed E-state index contributed by atoms with van der Waals surface area (Å²) >= 11 is 0.